The van der Waals surface area contributed by atoms with Gasteiger partial charge in [0.15, 0.2) is 0 Å². The van der Waals surface area contributed by atoms with Crippen LogP contribution in [-0.4, -0.2) is 66.2 Å². The van der Waals surface area contributed by atoms with Crippen LogP contribution in [0.4, 0.5) is 0 Å². The van der Waals surface area contributed by atoms with E-state index in [2.05, 4.69) is 4.74 Å². The minimum Gasteiger partial charge on any atom is -0.465 e. The number of esters is 1. The SMILES string of the molecule is COC(=O)[C@@]1(OC)C[C@H](O)[C@H](O)[C@@H](CO)O1. The summed E-state index contributed by atoms with van der Waals surface area (Å²) < 4.78 is 14.6. The Kier molecular flexibility index (Phi) is 4.22. The third-order valence-electron chi connectivity index (χ3n) is 2.60. The van der Waals surface area contributed by atoms with Gasteiger partial charge in [-0.15, -0.1) is 0 Å². The number of rotatable bonds is 3. The van der Waals surface area contributed by atoms with Crippen molar-refractivity contribution >= 4 is 5.97 Å². The molecule has 1 rings (SSSR count). The number of hydrogen-bond donors (Lipinski definition) is 3. The van der Waals surface area contributed by atoms with Gasteiger partial charge in [0, 0.05) is 13.5 Å². The molecule has 16 heavy (non-hydrogen) atoms. The molecule has 1 aliphatic rings. The summed E-state index contributed by atoms with van der Waals surface area (Å²) >= 11 is 0. The molecule has 7 nitrogen and oxygen atoms in total. The molecular weight excluding hydrogens is 220 g/mol. The zero-order valence-corrected chi connectivity index (χ0v) is 9.12. The second-order valence-corrected chi connectivity index (χ2v) is 3.55. The van der Waals surface area contributed by atoms with Crippen LogP contribution in [-0.2, 0) is 19.0 Å². The Balaban J connectivity index is 2.91. The fraction of sp³-hybridized carbons (Fsp3) is 0.889. The van der Waals surface area contributed by atoms with Gasteiger partial charge < -0.3 is 29.5 Å². The Hall–Kier alpha value is -0.730. The highest BCUT2D eigenvalue weighted by molar-refractivity contribution is 5.78. The lowest BCUT2D eigenvalue weighted by Gasteiger charge is -2.41. The third kappa shape index (κ3) is 2.18. The van der Waals surface area contributed by atoms with Crippen molar-refractivity contribution < 1.29 is 34.3 Å². The fourth-order valence-corrected chi connectivity index (χ4v) is 1.65. The van der Waals surface area contributed by atoms with Crippen LogP contribution in [0.15, 0.2) is 0 Å². The minimum atomic E-state index is -1.78. The molecule has 1 aliphatic heterocycles. The maximum atomic E-state index is 11.5. The van der Waals surface area contributed by atoms with Crippen molar-refractivity contribution in [1.82, 2.24) is 0 Å². The van der Waals surface area contributed by atoms with E-state index in [1.165, 1.54) is 7.11 Å². The van der Waals surface area contributed by atoms with Crippen molar-refractivity contribution in [3.8, 4) is 0 Å². The molecule has 1 fully saturated rings. The summed E-state index contributed by atoms with van der Waals surface area (Å²) in [5.41, 5.74) is 0. The van der Waals surface area contributed by atoms with Gasteiger partial charge in [0.2, 0.25) is 0 Å². The molecule has 94 valence electrons. The Morgan fingerprint density at radius 3 is 2.56 bits per heavy atom. The zero-order valence-electron chi connectivity index (χ0n) is 9.12. The lowest BCUT2D eigenvalue weighted by Crippen LogP contribution is -2.60. The van der Waals surface area contributed by atoms with Crippen LogP contribution >= 0.6 is 0 Å². The predicted molar refractivity (Wildman–Crippen MR) is 50.3 cm³/mol. The number of carbonyl (C=O) groups excluding carboxylic acids is 1. The average Bonchev–Trinajstić information content (AvgIpc) is 2.31. The summed E-state index contributed by atoms with van der Waals surface area (Å²) in [6.07, 6.45) is -3.85. The predicted octanol–water partition coefficient (Wildman–Crippen LogP) is -1.99. The van der Waals surface area contributed by atoms with Gasteiger partial charge in [-0.2, -0.15) is 0 Å². The number of ether oxygens (including phenoxy) is 3. The Morgan fingerprint density at radius 1 is 1.50 bits per heavy atom. The van der Waals surface area contributed by atoms with Gasteiger partial charge in [0.25, 0.3) is 5.79 Å². The second kappa shape index (κ2) is 5.07. The van der Waals surface area contributed by atoms with Gasteiger partial charge in [-0.05, 0) is 0 Å². The first-order chi connectivity index (χ1) is 7.50. The molecule has 0 radical (unpaired) electrons. The van der Waals surface area contributed by atoms with E-state index in [1.807, 2.05) is 0 Å². The molecule has 0 aromatic rings. The summed E-state index contributed by atoms with van der Waals surface area (Å²) in [5.74, 6) is -2.60. The zero-order chi connectivity index (χ0) is 12.3. The summed E-state index contributed by atoms with van der Waals surface area (Å²) in [5, 5.41) is 28.0. The molecule has 1 saturated heterocycles. The fourth-order valence-electron chi connectivity index (χ4n) is 1.65. The number of carbonyl (C=O) groups is 1. The van der Waals surface area contributed by atoms with E-state index >= 15 is 0 Å². The van der Waals surface area contributed by atoms with E-state index in [4.69, 9.17) is 14.6 Å². The summed E-state index contributed by atoms with van der Waals surface area (Å²) in [6.45, 7) is -0.541. The van der Waals surface area contributed by atoms with Crippen molar-refractivity contribution in [3.05, 3.63) is 0 Å². The molecule has 3 N–H and O–H groups in total. The number of aliphatic hydroxyl groups excluding tert-OH is 3. The van der Waals surface area contributed by atoms with Gasteiger partial charge in [0.1, 0.15) is 12.2 Å². The first-order valence-electron chi connectivity index (χ1n) is 4.79. The summed E-state index contributed by atoms with van der Waals surface area (Å²) in [7, 11) is 2.37. The highest BCUT2D eigenvalue weighted by atomic mass is 16.7. The summed E-state index contributed by atoms with van der Waals surface area (Å²) in [6, 6.07) is 0. The maximum Gasteiger partial charge on any atom is 0.366 e. The molecule has 4 atom stereocenters. The van der Waals surface area contributed by atoms with E-state index in [-0.39, 0.29) is 6.42 Å². The molecule has 7 heteroatoms. The second-order valence-electron chi connectivity index (χ2n) is 3.55. The van der Waals surface area contributed by atoms with E-state index in [0.717, 1.165) is 7.11 Å². The van der Waals surface area contributed by atoms with Crippen molar-refractivity contribution in [1.29, 1.82) is 0 Å². The van der Waals surface area contributed by atoms with Crippen molar-refractivity contribution in [2.24, 2.45) is 0 Å². The van der Waals surface area contributed by atoms with Gasteiger partial charge in [-0.3, -0.25) is 0 Å². The van der Waals surface area contributed by atoms with E-state index in [9.17, 15) is 15.0 Å². The molecule has 0 aromatic carbocycles. The molecule has 0 saturated carbocycles. The minimum absolute atomic E-state index is 0.256. The van der Waals surface area contributed by atoms with Gasteiger partial charge in [-0.1, -0.05) is 0 Å². The molecule has 0 aromatic heterocycles. The molecule has 0 spiro atoms. The number of aliphatic hydroxyl groups is 3. The standard InChI is InChI=1S/C9H16O7/c1-14-8(13)9(15-2)3-5(11)7(12)6(4-10)16-9/h5-7,10-12H,3-4H2,1-2H3/t5-,6+,7-,9+/m0/s1. The van der Waals surface area contributed by atoms with Crippen LogP contribution in [0.2, 0.25) is 0 Å². The normalized spacial score (nSPS) is 39.4. The van der Waals surface area contributed by atoms with Crippen molar-refractivity contribution in [3.63, 3.8) is 0 Å². The van der Waals surface area contributed by atoms with Crippen molar-refractivity contribution in [2.75, 3.05) is 20.8 Å². The maximum absolute atomic E-state index is 11.5. The smallest absolute Gasteiger partial charge is 0.366 e. The molecule has 0 aliphatic carbocycles. The first-order valence-corrected chi connectivity index (χ1v) is 4.79. The third-order valence-corrected chi connectivity index (χ3v) is 2.60. The first kappa shape index (κ1) is 13.3. The van der Waals surface area contributed by atoms with Gasteiger partial charge in [0.05, 0.1) is 19.8 Å². The van der Waals surface area contributed by atoms with Crippen LogP contribution in [0.25, 0.3) is 0 Å². The van der Waals surface area contributed by atoms with E-state index < -0.39 is 36.7 Å². The molecular formula is C9H16O7. The van der Waals surface area contributed by atoms with E-state index in [1.54, 1.807) is 0 Å². The van der Waals surface area contributed by atoms with Crippen LogP contribution in [0.3, 0.4) is 0 Å². The van der Waals surface area contributed by atoms with Crippen LogP contribution < -0.4 is 0 Å². The largest absolute Gasteiger partial charge is 0.465 e. The van der Waals surface area contributed by atoms with Crippen molar-refractivity contribution in [2.45, 2.75) is 30.5 Å². The highest BCUT2D eigenvalue weighted by Crippen LogP contribution is 2.31. The Morgan fingerprint density at radius 2 is 2.12 bits per heavy atom. The molecule has 0 bridgehead atoms. The lowest BCUT2D eigenvalue weighted by molar-refractivity contribution is -0.307. The van der Waals surface area contributed by atoms with Crippen LogP contribution in [0, 0.1) is 0 Å². The van der Waals surface area contributed by atoms with Crippen LogP contribution in [0.5, 0.6) is 0 Å². The van der Waals surface area contributed by atoms with Gasteiger partial charge >= 0.3 is 5.97 Å². The average molecular weight is 236 g/mol. The number of methoxy groups -OCH3 is 2. The molecule has 0 unspecified atom stereocenters. The quantitative estimate of drug-likeness (QED) is 0.487. The lowest BCUT2D eigenvalue weighted by atomic mass is 9.95. The topological polar surface area (TPSA) is 105 Å². The molecule has 1 heterocycles. The Labute approximate surface area is 92.5 Å². The highest BCUT2D eigenvalue weighted by Gasteiger charge is 2.52. The van der Waals surface area contributed by atoms with E-state index in [0.29, 0.717) is 0 Å². The monoisotopic (exact) mass is 236 g/mol. The molecule has 0 amide bonds. The van der Waals surface area contributed by atoms with Crippen LogP contribution in [0.1, 0.15) is 6.42 Å². The Bertz CT molecular complexity index is 256. The van der Waals surface area contributed by atoms with Gasteiger partial charge in [-0.25, -0.2) is 4.79 Å². The summed E-state index contributed by atoms with van der Waals surface area (Å²) in [4.78, 5) is 11.5. The number of hydrogen-bond acceptors (Lipinski definition) is 7.